The molecule has 0 amide bonds. The van der Waals surface area contributed by atoms with Gasteiger partial charge in [-0.25, -0.2) is 0 Å². The van der Waals surface area contributed by atoms with Crippen LogP contribution in [0.3, 0.4) is 0 Å². The molecule has 0 aliphatic heterocycles. The molecule has 6 heavy (non-hydrogen) atoms. The predicted octanol–water partition coefficient (Wildman–Crippen LogP) is -0.393. The number of hydrogen-bond donors (Lipinski definition) is 0. The first-order valence-corrected chi connectivity index (χ1v) is 0. The van der Waals surface area contributed by atoms with Crippen LogP contribution in [0.5, 0.6) is 0 Å². The summed E-state index contributed by atoms with van der Waals surface area (Å²) in [6.45, 7) is 0. The van der Waals surface area contributed by atoms with E-state index in [-0.39, 0.29) is 101 Å². The Morgan fingerprint density at radius 1 is 0.333 bits per heavy atom. The maximum atomic E-state index is 0. The van der Waals surface area contributed by atoms with Crippen molar-refractivity contribution in [2.24, 2.45) is 0 Å². The van der Waals surface area contributed by atoms with Crippen LogP contribution in [0.4, 0.5) is 0 Å². The van der Waals surface area contributed by atoms with Crippen molar-refractivity contribution < 1.29 is 92.8 Å². The summed E-state index contributed by atoms with van der Waals surface area (Å²) in [6.07, 6.45) is 0. The molecule has 0 rings (SSSR count). The zero-order valence-electron chi connectivity index (χ0n) is 2.81. The van der Waals surface area contributed by atoms with Gasteiger partial charge in [-0.15, -0.1) is 0 Å². The molecule has 0 aliphatic carbocycles. The van der Waals surface area contributed by atoms with E-state index in [9.17, 15) is 0 Å². The second-order valence-electron chi connectivity index (χ2n) is 0. The van der Waals surface area contributed by atoms with Gasteiger partial charge in [-0.05, 0) is 0 Å². The quantitative estimate of drug-likeness (QED) is 0.523. The van der Waals surface area contributed by atoms with Crippen molar-refractivity contribution in [1.29, 1.82) is 0 Å². The van der Waals surface area contributed by atoms with E-state index in [2.05, 4.69) is 0 Å². The van der Waals surface area contributed by atoms with Crippen LogP contribution in [0.2, 0.25) is 0 Å². The second kappa shape index (κ2) is 43.7. The van der Waals surface area contributed by atoms with Gasteiger partial charge in [0.05, 0.1) is 0 Å². The van der Waals surface area contributed by atoms with E-state index in [1.54, 1.807) is 0 Å². The summed E-state index contributed by atoms with van der Waals surface area (Å²) in [6, 6.07) is 0. The molecule has 0 saturated heterocycles. The van der Waals surface area contributed by atoms with Gasteiger partial charge in [0.25, 0.3) is 0 Å². The van der Waals surface area contributed by atoms with E-state index in [1.165, 1.54) is 0 Å². The fourth-order valence-corrected chi connectivity index (χ4v) is 0. The van der Waals surface area contributed by atoms with Gasteiger partial charge in [-0.2, -0.15) is 0 Å². The third-order valence-corrected chi connectivity index (χ3v) is 0. The van der Waals surface area contributed by atoms with Crippen molar-refractivity contribution in [3.8, 4) is 0 Å². The van der Waals surface area contributed by atoms with Crippen LogP contribution in [0.15, 0.2) is 0 Å². The summed E-state index contributed by atoms with van der Waals surface area (Å²) < 4.78 is 0. The molecule has 0 saturated carbocycles. The van der Waals surface area contributed by atoms with Gasteiger partial charge in [-0.3, -0.25) is 0 Å². The van der Waals surface area contributed by atoms with Crippen LogP contribution in [-0.4, -0.2) is 8.41 Å². The Hall–Kier alpha value is 2.99. The zero-order valence-corrected chi connectivity index (χ0v) is 9.80. The van der Waals surface area contributed by atoms with Crippen LogP contribution >= 0.6 is 0 Å². The molecule has 0 nitrogen and oxygen atoms in total. The molecule has 8 radical (unpaired) electrons. The molecule has 0 heterocycles. The van der Waals surface area contributed by atoms with E-state index >= 15 is 0 Å². The van der Waals surface area contributed by atoms with Crippen LogP contribution in [0, 0.1) is 0 Å². The van der Waals surface area contributed by atoms with Crippen molar-refractivity contribution in [2.45, 2.75) is 0 Å². The summed E-state index contributed by atoms with van der Waals surface area (Å²) in [5.41, 5.74) is 0. The summed E-state index contributed by atoms with van der Waals surface area (Å²) in [4.78, 5) is 0. The van der Waals surface area contributed by atoms with Gasteiger partial charge in [0.15, 0.2) is 0 Å². The fourth-order valence-electron chi connectivity index (χ4n) is 0. The standard InChI is InChI=1S/B.5V. The van der Waals surface area contributed by atoms with Crippen LogP contribution < -0.4 is 0 Å². The summed E-state index contributed by atoms with van der Waals surface area (Å²) >= 11 is 0. The molecule has 0 aromatic rings. The molecule has 6 heteroatoms. The first-order valence-electron chi connectivity index (χ1n) is 0. The third-order valence-electron chi connectivity index (χ3n) is 0. The van der Waals surface area contributed by atoms with Gasteiger partial charge in [0, 0.05) is 101 Å². The average molecular weight is 266 g/mol. The Labute approximate surface area is 99.7 Å². The van der Waals surface area contributed by atoms with Gasteiger partial charge in [0.1, 0.15) is 0 Å². The Morgan fingerprint density at radius 3 is 0.333 bits per heavy atom. The molecule has 0 spiro atoms. The van der Waals surface area contributed by atoms with Crippen LogP contribution in [0.1, 0.15) is 0 Å². The number of rotatable bonds is 0. The van der Waals surface area contributed by atoms with Gasteiger partial charge >= 0.3 is 0 Å². The molecule has 28 valence electrons. The van der Waals surface area contributed by atoms with E-state index in [0.29, 0.717) is 0 Å². The molecule has 0 N–H and O–H groups in total. The van der Waals surface area contributed by atoms with E-state index in [1.807, 2.05) is 0 Å². The zero-order chi connectivity index (χ0) is 0. The molecule has 0 unspecified atom stereocenters. The first-order chi connectivity index (χ1) is 0. The number of hydrogen-bond acceptors (Lipinski definition) is 0. The van der Waals surface area contributed by atoms with Crippen molar-refractivity contribution in [3.63, 3.8) is 0 Å². The maximum absolute atomic E-state index is 0. The minimum Gasteiger partial charge on any atom is 0 e. The van der Waals surface area contributed by atoms with E-state index < -0.39 is 0 Å². The normalized spacial score (nSPS) is 0. The summed E-state index contributed by atoms with van der Waals surface area (Å²) in [5.74, 6) is 0. The van der Waals surface area contributed by atoms with Crippen LogP contribution in [-0.2, 0) is 92.8 Å². The van der Waals surface area contributed by atoms with Crippen molar-refractivity contribution in [2.75, 3.05) is 0 Å². The monoisotopic (exact) mass is 266 g/mol. The predicted molar refractivity (Wildman–Crippen MR) is 5.75 cm³/mol. The Kier molecular flexibility index (Phi) is 468. The Balaban J connectivity index is 0. The molecule has 0 aromatic carbocycles. The van der Waals surface area contributed by atoms with E-state index in [4.69, 9.17) is 0 Å². The smallest absolute Gasteiger partial charge is 0 e. The van der Waals surface area contributed by atoms with Crippen molar-refractivity contribution >= 4 is 8.41 Å². The molecule has 0 fully saturated rings. The van der Waals surface area contributed by atoms with Gasteiger partial charge < -0.3 is 0 Å². The van der Waals surface area contributed by atoms with Gasteiger partial charge in [-0.1, -0.05) is 0 Å². The van der Waals surface area contributed by atoms with Crippen LogP contribution in [0.25, 0.3) is 0 Å². The summed E-state index contributed by atoms with van der Waals surface area (Å²) in [7, 11) is 0. The summed E-state index contributed by atoms with van der Waals surface area (Å²) in [5, 5.41) is 0. The minimum absolute atomic E-state index is 0. The van der Waals surface area contributed by atoms with Crippen molar-refractivity contribution in [3.05, 3.63) is 0 Å². The van der Waals surface area contributed by atoms with E-state index in [0.717, 1.165) is 0 Å². The topological polar surface area (TPSA) is 0 Å². The Bertz CT molecular complexity index is 3.90. The fraction of sp³-hybridized carbons (Fsp3) is 0. The first kappa shape index (κ1) is 64.3. The molecular weight excluding hydrogens is 266 g/mol. The molecule has 0 aliphatic rings. The molecule has 0 aromatic heterocycles. The molecule has 0 atom stereocenters. The Morgan fingerprint density at radius 2 is 0.333 bits per heavy atom. The SMILES string of the molecule is [B].[V].[V].[V].[V].[V]. The third kappa shape index (κ3) is 28.1. The van der Waals surface area contributed by atoms with Gasteiger partial charge in [0.2, 0.25) is 0 Å². The average Bonchev–Trinajstić information content (AvgIpc) is 0. The molecule has 0 bridgehead atoms. The largest absolute Gasteiger partial charge is 0 e. The molecular formula is BV5. The van der Waals surface area contributed by atoms with Crippen molar-refractivity contribution in [1.82, 2.24) is 0 Å². The minimum atomic E-state index is 0. The second-order valence-corrected chi connectivity index (χ2v) is 0. The maximum Gasteiger partial charge on any atom is 0 e.